The van der Waals surface area contributed by atoms with Gasteiger partial charge in [0.25, 0.3) is 5.91 Å². The van der Waals surface area contributed by atoms with Crippen LogP contribution in [-0.4, -0.2) is 64.9 Å². The molecule has 0 aromatic heterocycles. The number of amides is 1. The van der Waals surface area contributed by atoms with Crippen LogP contribution in [0.5, 0.6) is 11.5 Å². The first-order chi connectivity index (χ1) is 21.6. The lowest BCUT2D eigenvalue weighted by molar-refractivity contribution is -0.274. The molecule has 0 bridgehead atoms. The van der Waals surface area contributed by atoms with E-state index in [0.717, 1.165) is 36.5 Å². The molecule has 0 unspecified atom stereocenters. The van der Waals surface area contributed by atoms with Crippen LogP contribution in [0.25, 0.3) is 0 Å². The van der Waals surface area contributed by atoms with Crippen LogP contribution in [0.2, 0.25) is 5.02 Å². The van der Waals surface area contributed by atoms with Crippen LogP contribution < -0.4 is 9.47 Å². The van der Waals surface area contributed by atoms with Gasteiger partial charge in [0, 0.05) is 36.8 Å². The second kappa shape index (κ2) is 13.6. The molecule has 1 aliphatic carbocycles. The Hall–Kier alpha value is -3.05. The highest BCUT2D eigenvalue weighted by Gasteiger charge is 2.39. The fourth-order valence-electron chi connectivity index (χ4n) is 6.50. The Balaban J connectivity index is 1.28. The average molecular weight is 669 g/mol. The highest BCUT2D eigenvalue weighted by molar-refractivity contribution is 6.30. The summed E-state index contributed by atoms with van der Waals surface area (Å²) in [6, 6.07) is 6.23. The quantitative estimate of drug-likeness (QED) is 0.199. The van der Waals surface area contributed by atoms with E-state index in [1.165, 1.54) is 23.1 Å². The summed E-state index contributed by atoms with van der Waals surface area (Å²) in [4.78, 5) is 30.2. The molecule has 2 aromatic rings. The minimum Gasteiger partial charge on any atom is -0.490 e. The third-order valence-electron chi connectivity index (χ3n) is 8.68. The molecule has 2 aromatic carbocycles. The van der Waals surface area contributed by atoms with Crippen molar-refractivity contribution in [1.82, 2.24) is 9.80 Å². The number of halogens is 5. The molecule has 2 saturated heterocycles. The molecule has 12 heteroatoms. The van der Waals surface area contributed by atoms with Gasteiger partial charge in [-0.2, -0.15) is 0 Å². The van der Waals surface area contributed by atoms with Crippen molar-refractivity contribution < 1.29 is 41.4 Å². The minimum atomic E-state index is -4.85. The molecule has 46 heavy (non-hydrogen) atoms. The van der Waals surface area contributed by atoms with Crippen molar-refractivity contribution >= 4 is 23.5 Å². The van der Waals surface area contributed by atoms with Gasteiger partial charge in [0.2, 0.25) is 0 Å². The number of esters is 1. The van der Waals surface area contributed by atoms with E-state index in [1.54, 1.807) is 26.8 Å². The highest BCUT2D eigenvalue weighted by atomic mass is 35.5. The van der Waals surface area contributed by atoms with E-state index in [-0.39, 0.29) is 34.4 Å². The molecule has 252 valence electrons. The first-order valence-corrected chi connectivity index (χ1v) is 16.3. The number of alkyl halides is 3. The van der Waals surface area contributed by atoms with Crippen molar-refractivity contribution in [3.05, 3.63) is 57.9 Å². The van der Waals surface area contributed by atoms with Crippen LogP contribution in [0.1, 0.15) is 100 Å². The number of hydrogen-bond acceptors (Lipinski definition) is 6. The van der Waals surface area contributed by atoms with Gasteiger partial charge in [0.1, 0.15) is 35.1 Å². The minimum absolute atomic E-state index is 0.0179. The lowest BCUT2D eigenvalue weighted by Crippen LogP contribution is -2.45. The molecular weight excluding hydrogens is 628 g/mol. The molecule has 5 rings (SSSR count). The number of piperidine rings is 1. The summed E-state index contributed by atoms with van der Waals surface area (Å²) in [7, 11) is 0. The predicted octanol–water partition coefficient (Wildman–Crippen LogP) is 8.02. The van der Waals surface area contributed by atoms with Crippen LogP contribution in [0.15, 0.2) is 30.3 Å². The molecule has 2 heterocycles. The van der Waals surface area contributed by atoms with E-state index >= 15 is 4.39 Å². The Bertz CT molecular complexity index is 1440. The van der Waals surface area contributed by atoms with E-state index in [9.17, 15) is 22.8 Å². The lowest BCUT2D eigenvalue weighted by atomic mass is 9.94. The van der Waals surface area contributed by atoms with Crippen molar-refractivity contribution in [2.45, 2.75) is 115 Å². The third-order valence-corrected chi connectivity index (χ3v) is 8.90. The molecule has 1 saturated carbocycles. The average Bonchev–Trinajstić information content (AvgIpc) is 3.66. The second-order valence-corrected chi connectivity index (χ2v) is 13.9. The molecule has 1 amide bonds. The Morgan fingerprint density at radius 3 is 2.35 bits per heavy atom. The number of hydrogen-bond donors (Lipinski definition) is 0. The van der Waals surface area contributed by atoms with Crippen molar-refractivity contribution in [3.8, 4) is 11.5 Å². The predicted molar refractivity (Wildman–Crippen MR) is 165 cm³/mol. The van der Waals surface area contributed by atoms with Crippen LogP contribution in [0.3, 0.4) is 0 Å². The Morgan fingerprint density at radius 1 is 0.978 bits per heavy atom. The van der Waals surface area contributed by atoms with Crippen molar-refractivity contribution in [2.24, 2.45) is 0 Å². The van der Waals surface area contributed by atoms with Gasteiger partial charge >= 0.3 is 12.3 Å². The molecule has 2 aliphatic heterocycles. The summed E-state index contributed by atoms with van der Waals surface area (Å²) in [5.74, 6) is -1.57. The zero-order chi connectivity index (χ0) is 33.4. The van der Waals surface area contributed by atoms with Crippen LogP contribution in [0.4, 0.5) is 17.6 Å². The summed E-state index contributed by atoms with van der Waals surface area (Å²) in [6.07, 6.45) is -0.0352. The summed E-state index contributed by atoms with van der Waals surface area (Å²) in [5, 5.41) is 0.0721. The summed E-state index contributed by atoms with van der Waals surface area (Å²) >= 11 is 6.02. The first kappa shape index (κ1) is 34.3. The van der Waals surface area contributed by atoms with Crippen molar-refractivity contribution in [2.75, 3.05) is 13.1 Å². The molecule has 3 fully saturated rings. The van der Waals surface area contributed by atoms with Gasteiger partial charge in [0.05, 0.1) is 5.56 Å². The monoisotopic (exact) mass is 668 g/mol. The first-order valence-electron chi connectivity index (χ1n) is 15.9. The zero-order valence-corrected chi connectivity index (χ0v) is 27.3. The van der Waals surface area contributed by atoms with Gasteiger partial charge in [-0.25, -0.2) is 9.18 Å². The highest BCUT2D eigenvalue weighted by Crippen LogP contribution is 2.43. The van der Waals surface area contributed by atoms with Crippen LogP contribution in [0, 0.1) is 5.82 Å². The SMILES string of the molecule is CC[C@H]1C[C@@H](Oc2cc(Cl)cc(OC(F)(F)F)c2)CCN1Cc1cc(F)c(C(=O)N2CCC[C@H]2C(=O)OC(C)(C)C)cc1C1CC1. The fraction of sp³-hybridized carbons (Fsp3) is 0.588. The standard InChI is InChI=1S/C34H41ClF4N2O5/c1-5-23-16-24(44-25-14-22(35)15-26(17-25)45-34(37,38)39)10-12-40(23)19-21-13-29(36)28(18-27(21)20-8-9-20)31(42)41-11-6-7-30(41)32(43)46-33(2,3)4/h13-15,17-18,20,23-24,30H,5-12,16,19H2,1-4H3/t23-,24-,30-/m0/s1. The second-order valence-electron chi connectivity index (χ2n) is 13.5. The Morgan fingerprint density at radius 2 is 1.70 bits per heavy atom. The van der Waals surface area contributed by atoms with Crippen molar-refractivity contribution in [1.29, 1.82) is 0 Å². The van der Waals surface area contributed by atoms with Gasteiger partial charge in [-0.15, -0.1) is 13.2 Å². The zero-order valence-electron chi connectivity index (χ0n) is 26.6. The van der Waals surface area contributed by atoms with Gasteiger partial charge in [0.15, 0.2) is 0 Å². The summed E-state index contributed by atoms with van der Waals surface area (Å²) in [6.45, 7) is 8.87. The van der Waals surface area contributed by atoms with Crippen LogP contribution >= 0.6 is 11.6 Å². The van der Waals surface area contributed by atoms with Gasteiger partial charge in [-0.05, 0) is 107 Å². The summed E-state index contributed by atoms with van der Waals surface area (Å²) < 4.78 is 69.6. The number of benzene rings is 2. The molecule has 3 aliphatic rings. The van der Waals surface area contributed by atoms with E-state index in [4.69, 9.17) is 21.1 Å². The molecule has 0 radical (unpaired) electrons. The van der Waals surface area contributed by atoms with Gasteiger partial charge in [-0.1, -0.05) is 18.5 Å². The van der Waals surface area contributed by atoms with E-state index in [1.807, 2.05) is 0 Å². The normalized spacial score (nSPS) is 22.5. The van der Waals surface area contributed by atoms with E-state index in [0.29, 0.717) is 45.3 Å². The topological polar surface area (TPSA) is 68.3 Å². The number of rotatable bonds is 9. The van der Waals surface area contributed by atoms with Gasteiger partial charge < -0.3 is 19.1 Å². The largest absolute Gasteiger partial charge is 0.573 e. The number of likely N-dealkylation sites (tertiary alicyclic amines) is 2. The number of carbonyl (C=O) groups is 2. The lowest BCUT2D eigenvalue weighted by Gasteiger charge is -2.39. The number of nitrogens with zero attached hydrogens (tertiary/aromatic N) is 2. The summed E-state index contributed by atoms with van der Waals surface area (Å²) in [5.41, 5.74) is 1.09. The number of carbonyl (C=O) groups excluding carboxylic acids is 2. The molecule has 3 atom stereocenters. The maximum atomic E-state index is 15.7. The van der Waals surface area contributed by atoms with E-state index < -0.39 is 41.4 Å². The Kier molecular flexibility index (Phi) is 10.1. The van der Waals surface area contributed by atoms with E-state index in [2.05, 4.69) is 16.6 Å². The van der Waals surface area contributed by atoms with Crippen molar-refractivity contribution in [3.63, 3.8) is 0 Å². The maximum absolute atomic E-state index is 15.7. The number of ether oxygens (including phenoxy) is 3. The molecule has 7 nitrogen and oxygen atoms in total. The molecule has 0 spiro atoms. The van der Waals surface area contributed by atoms with Gasteiger partial charge in [-0.3, -0.25) is 9.69 Å². The molecular formula is C34H41ClF4N2O5. The smallest absolute Gasteiger partial charge is 0.490 e. The maximum Gasteiger partial charge on any atom is 0.573 e. The molecule has 0 N–H and O–H groups in total. The third kappa shape index (κ3) is 8.64. The fourth-order valence-corrected chi connectivity index (χ4v) is 6.71. The Labute approximate surface area is 272 Å². The van der Waals surface area contributed by atoms with Crippen LogP contribution in [-0.2, 0) is 16.1 Å².